The van der Waals surface area contributed by atoms with E-state index in [0.717, 1.165) is 53.4 Å². The van der Waals surface area contributed by atoms with Crippen LogP contribution in [0.3, 0.4) is 0 Å². The molecule has 0 fully saturated rings. The van der Waals surface area contributed by atoms with Gasteiger partial charge in [0.2, 0.25) is 5.91 Å². The smallest absolute Gasteiger partial charge is 0.243 e. The maximum absolute atomic E-state index is 11.5. The first-order valence-corrected chi connectivity index (χ1v) is 11.1. The Hall–Kier alpha value is -3.45. The molecule has 0 aliphatic carbocycles. The first kappa shape index (κ1) is 21.8. The molecular formula is C25H30N6O. The van der Waals surface area contributed by atoms with Crippen molar-refractivity contribution in [3.8, 4) is 0 Å². The lowest BCUT2D eigenvalue weighted by molar-refractivity contribution is -0.116. The number of hydrogen-bond donors (Lipinski definition) is 3. The van der Waals surface area contributed by atoms with E-state index in [1.54, 1.807) is 0 Å². The van der Waals surface area contributed by atoms with Crippen LogP contribution in [0.2, 0.25) is 0 Å². The molecule has 1 amide bonds. The van der Waals surface area contributed by atoms with Gasteiger partial charge in [0.15, 0.2) is 5.65 Å². The third kappa shape index (κ3) is 4.89. The quantitative estimate of drug-likeness (QED) is 0.475. The van der Waals surface area contributed by atoms with E-state index in [-0.39, 0.29) is 5.91 Å². The molecule has 0 atom stereocenters. The summed E-state index contributed by atoms with van der Waals surface area (Å²) in [5.41, 5.74) is 6.49. The molecule has 0 unspecified atom stereocenters. The highest BCUT2D eigenvalue weighted by Crippen LogP contribution is 2.27. The number of carbonyl (C=O) groups excluding carboxylic acids is 1. The fourth-order valence-electron chi connectivity index (χ4n) is 3.84. The van der Waals surface area contributed by atoms with Gasteiger partial charge in [0, 0.05) is 31.3 Å². The summed E-state index contributed by atoms with van der Waals surface area (Å²) in [6.45, 7) is 10.8. The molecule has 0 saturated heterocycles. The van der Waals surface area contributed by atoms with E-state index >= 15 is 0 Å². The van der Waals surface area contributed by atoms with Crippen molar-refractivity contribution in [2.24, 2.45) is 0 Å². The minimum atomic E-state index is -0.174. The average Bonchev–Trinajstić information content (AvgIpc) is 3.26. The third-order valence-corrected chi connectivity index (χ3v) is 5.63. The Morgan fingerprint density at radius 3 is 2.81 bits per heavy atom. The number of rotatable bonds is 8. The van der Waals surface area contributed by atoms with Gasteiger partial charge in [-0.1, -0.05) is 50.8 Å². The number of anilines is 1. The predicted molar refractivity (Wildman–Crippen MR) is 128 cm³/mol. The van der Waals surface area contributed by atoms with Gasteiger partial charge < -0.3 is 16.0 Å². The fraction of sp³-hybridized carbons (Fsp3) is 0.320. The predicted octanol–water partition coefficient (Wildman–Crippen LogP) is 3.64. The number of aromatic nitrogens is 3. The van der Waals surface area contributed by atoms with Gasteiger partial charge in [-0.2, -0.15) is 9.61 Å². The SMILES string of the molecule is C=CC(=O)NCc1cccc(CNc2cc(C3=CCNCC3)nc3c(C(C)C)cnn23)c1. The number of carbonyl (C=O) groups is 1. The number of fused-ring (bicyclic) bond motifs is 1. The lowest BCUT2D eigenvalue weighted by Crippen LogP contribution is -2.20. The van der Waals surface area contributed by atoms with Gasteiger partial charge in [-0.25, -0.2) is 4.98 Å². The summed E-state index contributed by atoms with van der Waals surface area (Å²) in [4.78, 5) is 16.4. The Kier molecular flexibility index (Phi) is 6.66. The summed E-state index contributed by atoms with van der Waals surface area (Å²) in [5, 5.41) is 14.4. The molecule has 0 radical (unpaired) electrons. The molecular weight excluding hydrogens is 400 g/mol. The van der Waals surface area contributed by atoms with Crippen molar-refractivity contribution < 1.29 is 4.79 Å². The van der Waals surface area contributed by atoms with Crippen LogP contribution in [-0.2, 0) is 17.9 Å². The normalized spacial score (nSPS) is 13.8. The van der Waals surface area contributed by atoms with E-state index in [9.17, 15) is 4.79 Å². The number of nitrogens with one attached hydrogen (secondary N) is 3. The van der Waals surface area contributed by atoms with Crippen LogP contribution in [0.4, 0.5) is 5.82 Å². The Balaban J connectivity index is 1.60. The zero-order valence-electron chi connectivity index (χ0n) is 18.7. The largest absolute Gasteiger partial charge is 0.366 e. The first-order chi connectivity index (χ1) is 15.5. The second-order valence-corrected chi connectivity index (χ2v) is 8.30. The molecule has 1 aromatic carbocycles. The van der Waals surface area contributed by atoms with Crippen molar-refractivity contribution in [2.75, 3.05) is 18.4 Å². The maximum Gasteiger partial charge on any atom is 0.243 e. The van der Waals surface area contributed by atoms with E-state index in [1.165, 1.54) is 11.6 Å². The minimum Gasteiger partial charge on any atom is -0.366 e. The maximum atomic E-state index is 11.5. The summed E-state index contributed by atoms with van der Waals surface area (Å²) < 4.78 is 1.90. The van der Waals surface area contributed by atoms with Crippen molar-refractivity contribution in [3.05, 3.63) is 77.6 Å². The van der Waals surface area contributed by atoms with Crippen LogP contribution >= 0.6 is 0 Å². The van der Waals surface area contributed by atoms with Crippen LogP contribution in [0.25, 0.3) is 11.2 Å². The molecule has 0 spiro atoms. The first-order valence-electron chi connectivity index (χ1n) is 11.1. The average molecular weight is 431 g/mol. The van der Waals surface area contributed by atoms with Crippen LogP contribution < -0.4 is 16.0 Å². The monoisotopic (exact) mass is 430 g/mol. The van der Waals surface area contributed by atoms with Crippen molar-refractivity contribution in [1.29, 1.82) is 0 Å². The molecule has 7 heteroatoms. The van der Waals surface area contributed by atoms with Crippen molar-refractivity contribution in [2.45, 2.75) is 39.3 Å². The van der Waals surface area contributed by atoms with Crippen molar-refractivity contribution in [1.82, 2.24) is 25.2 Å². The molecule has 32 heavy (non-hydrogen) atoms. The Bertz CT molecular complexity index is 1160. The van der Waals surface area contributed by atoms with Gasteiger partial charge in [-0.3, -0.25) is 4.79 Å². The highest BCUT2D eigenvalue weighted by molar-refractivity contribution is 5.86. The summed E-state index contributed by atoms with van der Waals surface area (Å²) in [5.74, 6) is 1.08. The zero-order valence-corrected chi connectivity index (χ0v) is 18.7. The van der Waals surface area contributed by atoms with E-state index in [0.29, 0.717) is 19.0 Å². The standard InChI is InChI=1S/C25H30N6O/c1-4-24(32)28-15-19-7-5-6-18(12-19)14-27-23-13-22(20-8-10-26-11-9-20)30-25-21(17(2)3)16-29-31(23)25/h4-8,12-13,16-17,26-27H,1,9-11,14-15H2,2-3H3,(H,28,32). The second-order valence-electron chi connectivity index (χ2n) is 8.30. The Morgan fingerprint density at radius 1 is 1.28 bits per heavy atom. The topological polar surface area (TPSA) is 83.4 Å². The van der Waals surface area contributed by atoms with Gasteiger partial charge >= 0.3 is 0 Å². The molecule has 1 aliphatic heterocycles. The van der Waals surface area contributed by atoms with Gasteiger partial charge in [0.25, 0.3) is 0 Å². The Morgan fingerprint density at radius 2 is 2.09 bits per heavy atom. The van der Waals surface area contributed by atoms with Crippen LogP contribution in [0, 0.1) is 0 Å². The van der Waals surface area contributed by atoms with Gasteiger partial charge in [0.1, 0.15) is 5.82 Å². The van der Waals surface area contributed by atoms with Crippen LogP contribution in [-0.4, -0.2) is 33.6 Å². The lowest BCUT2D eigenvalue weighted by Gasteiger charge is -2.16. The van der Waals surface area contributed by atoms with Crippen LogP contribution in [0.5, 0.6) is 0 Å². The molecule has 4 rings (SSSR count). The number of amides is 1. The number of nitrogens with zero attached hydrogens (tertiary/aromatic N) is 3. The molecule has 7 nitrogen and oxygen atoms in total. The fourth-order valence-corrected chi connectivity index (χ4v) is 3.84. The highest BCUT2D eigenvalue weighted by atomic mass is 16.1. The van der Waals surface area contributed by atoms with Gasteiger partial charge in [-0.05, 0) is 41.7 Å². The van der Waals surface area contributed by atoms with E-state index < -0.39 is 0 Å². The summed E-state index contributed by atoms with van der Waals surface area (Å²) in [6, 6.07) is 10.3. The molecule has 3 aromatic rings. The number of hydrogen-bond acceptors (Lipinski definition) is 5. The third-order valence-electron chi connectivity index (χ3n) is 5.63. The summed E-state index contributed by atoms with van der Waals surface area (Å²) >= 11 is 0. The molecule has 0 saturated carbocycles. The second kappa shape index (κ2) is 9.78. The molecule has 3 N–H and O–H groups in total. The van der Waals surface area contributed by atoms with Gasteiger partial charge in [-0.15, -0.1) is 0 Å². The molecule has 0 bridgehead atoms. The lowest BCUT2D eigenvalue weighted by atomic mass is 10.0. The summed E-state index contributed by atoms with van der Waals surface area (Å²) in [7, 11) is 0. The van der Waals surface area contributed by atoms with Crippen molar-refractivity contribution >= 4 is 22.9 Å². The Labute approximate surface area is 188 Å². The molecule has 2 aromatic heterocycles. The molecule has 166 valence electrons. The van der Waals surface area contributed by atoms with E-state index in [2.05, 4.69) is 65.8 Å². The summed E-state index contributed by atoms with van der Waals surface area (Å²) in [6.07, 6.45) is 6.39. The van der Waals surface area contributed by atoms with E-state index in [1.807, 2.05) is 22.8 Å². The van der Waals surface area contributed by atoms with E-state index in [4.69, 9.17) is 4.98 Å². The highest BCUT2D eigenvalue weighted by Gasteiger charge is 2.16. The van der Waals surface area contributed by atoms with Gasteiger partial charge in [0.05, 0.1) is 11.9 Å². The minimum absolute atomic E-state index is 0.174. The van der Waals surface area contributed by atoms with Crippen molar-refractivity contribution in [3.63, 3.8) is 0 Å². The molecule has 1 aliphatic rings. The molecule has 3 heterocycles. The zero-order chi connectivity index (χ0) is 22.5. The number of benzene rings is 1. The van der Waals surface area contributed by atoms with Crippen LogP contribution in [0.15, 0.2) is 55.3 Å². The van der Waals surface area contributed by atoms with Crippen LogP contribution in [0.1, 0.15) is 48.6 Å².